The van der Waals surface area contributed by atoms with Crippen LogP contribution in [0.5, 0.6) is 0 Å². The van der Waals surface area contributed by atoms with Crippen molar-refractivity contribution in [1.29, 1.82) is 0 Å². The average Bonchev–Trinajstić information content (AvgIpc) is 2.70. The second-order valence-corrected chi connectivity index (χ2v) is 5.34. The summed E-state index contributed by atoms with van der Waals surface area (Å²) < 4.78 is 0. The Balaban J connectivity index is 2.17. The number of hydrogen-bond donors (Lipinski definition) is 2. The number of carboxylic acids is 1. The summed E-state index contributed by atoms with van der Waals surface area (Å²) in [6, 6.07) is 0. The van der Waals surface area contributed by atoms with Crippen LogP contribution in [-0.2, 0) is 4.79 Å². The fourth-order valence-corrected chi connectivity index (χ4v) is 2.76. The van der Waals surface area contributed by atoms with Gasteiger partial charge in [0.25, 0.3) is 0 Å². The zero-order valence-electron chi connectivity index (χ0n) is 10.3. The number of aliphatic carboxylic acids is 1. The number of hydrogen-bond acceptors (Lipinski definition) is 2. The van der Waals surface area contributed by atoms with Crippen LogP contribution in [0.4, 0.5) is 0 Å². The molecule has 0 spiro atoms. The molecule has 2 atom stereocenters. The van der Waals surface area contributed by atoms with E-state index in [1.807, 2.05) is 0 Å². The molecule has 0 radical (unpaired) electrons. The van der Waals surface area contributed by atoms with E-state index < -0.39 is 5.97 Å². The van der Waals surface area contributed by atoms with Crippen LogP contribution < -0.4 is 5.73 Å². The van der Waals surface area contributed by atoms with Crippen LogP contribution in [0.3, 0.4) is 0 Å². The van der Waals surface area contributed by atoms with E-state index in [1.165, 1.54) is 32.1 Å². The van der Waals surface area contributed by atoms with Gasteiger partial charge in [0.1, 0.15) is 0 Å². The molecule has 1 saturated carbocycles. The van der Waals surface area contributed by atoms with Crippen LogP contribution >= 0.6 is 0 Å². The molecular formula is C13H25NO2. The molecule has 3 heteroatoms. The number of nitrogens with two attached hydrogens (primary N) is 1. The Morgan fingerprint density at radius 2 is 2.00 bits per heavy atom. The molecule has 1 fully saturated rings. The van der Waals surface area contributed by atoms with Crippen LogP contribution in [0.25, 0.3) is 0 Å². The molecule has 1 aliphatic rings. The van der Waals surface area contributed by atoms with Gasteiger partial charge in [0.05, 0.1) is 5.92 Å². The van der Waals surface area contributed by atoms with Crippen molar-refractivity contribution in [2.75, 3.05) is 6.54 Å². The molecule has 0 aromatic heterocycles. The topological polar surface area (TPSA) is 63.3 Å². The normalized spacial score (nSPS) is 20.9. The molecule has 0 aromatic carbocycles. The summed E-state index contributed by atoms with van der Waals surface area (Å²) in [5.41, 5.74) is 5.44. The first-order valence-electron chi connectivity index (χ1n) is 6.56. The van der Waals surface area contributed by atoms with E-state index in [4.69, 9.17) is 10.8 Å². The highest BCUT2D eigenvalue weighted by Crippen LogP contribution is 2.31. The minimum absolute atomic E-state index is 0.269. The minimum Gasteiger partial charge on any atom is -0.481 e. The molecule has 0 amide bonds. The first kappa shape index (κ1) is 13.5. The van der Waals surface area contributed by atoms with Crippen molar-refractivity contribution in [2.24, 2.45) is 23.5 Å². The molecule has 94 valence electrons. The van der Waals surface area contributed by atoms with E-state index in [0.717, 1.165) is 18.8 Å². The lowest BCUT2D eigenvalue weighted by molar-refractivity contribution is -0.141. The molecule has 1 rings (SSSR count). The third-order valence-electron chi connectivity index (χ3n) is 3.85. The predicted molar refractivity (Wildman–Crippen MR) is 65.2 cm³/mol. The lowest BCUT2D eigenvalue weighted by Gasteiger charge is -2.17. The lowest BCUT2D eigenvalue weighted by Crippen LogP contribution is -2.23. The minimum atomic E-state index is -0.740. The third kappa shape index (κ3) is 4.52. The van der Waals surface area contributed by atoms with Crippen LogP contribution in [-0.4, -0.2) is 17.6 Å². The Bertz CT molecular complexity index is 212. The van der Waals surface area contributed by atoms with Gasteiger partial charge in [-0.2, -0.15) is 0 Å². The van der Waals surface area contributed by atoms with Gasteiger partial charge in [-0.3, -0.25) is 4.79 Å². The fourth-order valence-electron chi connectivity index (χ4n) is 2.76. The first-order valence-corrected chi connectivity index (χ1v) is 6.56. The fraction of sp³-hybridized carbons (Fsp3) is 0.923. The molecule has 0 aromatic rings. The number of carboxylic acid groups (broad SMARTS) is 1. The quantitative estimate of drug-likeness (QED) is 0.702. The Morgan fingerprint density at radius 1 is 1.38 bits per heavy atom. The maximum absolute atomic E-state index is 10.8. The van der Waals surface area contributed by atoms with Gasteiger partial charge in [0.15, 0.2) is 0 Å². The van der Waals surface area contributed by atoms with E-state index in [2.05, 4.69) is 6.92 Å². The highest BCUT2D eigenvalue weighted by Gasteiger charge is 2.20. The van der Waals surface area contributed by atoms with Gasteiger partial charge in [-0.05, 0) is 31.1 Å². The van der Waals surface area contributed by atoms with Gasteiger partial charge in [-0.1, -0.05) is 32.6 Å². The van der Waals surface area contributed by atoms with Crippen molar-refractivity contribution in [1.82, 2.24) is 0 Å². The van der Waals surface area contributed by atoms with Crippen LogP contribution in [0.15, 0.2) is 0 Å². The van der Waals surface area contributed by atoms with E-state index >= 15 is 0 Å². The summed E-state index contributed by atoms with van der Waals surface area (Å²) in [6.45, 7) is 2.51. The van der Waals surface area contributed by atoms with Crippen molar-refractivity contribution in [3.05, 3.63) is 0 Å². The summed E-state index contributed by atoms with van der Waals surface area (Å²) in [5.74, 6) is 0.467. The predicted octanol–water partition coefficient (Wildman–Crippen LogP) is 2.64. The summed E-state index contributed by atoms with van der Waals surface area (Å²) in [5, 5.41) is 8.89. The van der Waals surface area contributed by atoms with Crippen molar-refractivity contribution in [3.63, 3.8) is 0 Å². The van der Waals surface area contributed by atoms with Gasteiger partial charge >= 0.3 is 5.97 Å². The maximum Gasteiger partial charge on any atom is 0.307 e. The largest absolute Gasteiger partial charge is 0.481 e. The molecule has 2 unspecified atom stereocenters. The molecule has 16 heavy (non-hydrogen) atoms. The molecule has 3 nitrogen and oxygen atoms in total. The number of rotatable bonds is 7. The molecule has 3 N–H and O–H groups in total. The van der Waals surface area contributed by atoms with Gasteiger partial charge in [-0.25, -0.2) is 0 Å². The molecule has 0 saturated heterocycles. The van der Waals surface area contributed by atoms with Gasteiger partial charge < -0.3 is 10.8 Å². The zero-order valence-corrected chi connectivity index (χ0v) is 10.3. The SMILES string of the molecule is CC(CCC(CN)C(=O)O)CC1CCCC1. The second-order valence-electron chi connectivity index (χ2n) is 5.34. The maximum atomic E-state index is 10.8. The van der Waals surface area contributed by atoms with Crippen LogP contribution in [0, 0.1) is 17.8 Å². The van der Waals surface area contributed by atoms with Crippen LogP contribution in [0.2, 0.25) is 0 Å². The standard InChI is InChI=1S/C13H25NO2/c1-10(8-11-4-2-3-5-11)6-7-12(9-14)13(15)16/h10-12H,2-9,14H2,1H3,(H,15,16). The summed E-state index contributed by atoms with van der Waals surface area (Å²) >= 11 is 0. The highest BCUT2D eigenvalue weighted by molar-refractivity contribution is 5.70. The Labute approximate surface area is 98.4 Å². The second kappa shape index (κ2) is 6.89. The third-order valence-corrected chi connectivity index (χ3v) is 3.85. The van der Waals surface area contributed by atoms with Gasteiger partial charge in [0, 0.05) is 6.54 Å². The number of carbonyl (C=O) groups is 1. The summed E-state index contributed by atoms with van der Waals surface area (Å²) in [4.78, 5) is 10.8. The summed E-state index contributed by atoms with van der Waals surface area (Å²) in [7, 11) is 0. The molecular weight excluding hydrogens is 202 g/mol. The molecule has 0 heterocycles. The van der Waals surface area contributed by atoms with Crippen molar-refractivity contribution in [2.45, 2.75) is 51.9 Å². The van der Waals surface area contributed by atoms with E-state index in [9.17, 15) is 4.79 Å². The van der Waals surface area contributed by atoms with Gasteiger partial charge in [0.2, 0.25) is 0 Å². The highest BCUT2D eigenvalue weighted by atomic mass is 16.4. The Hall–Kier alpha value is -0.570. The van der Waals surface area contributed by atoms with Crippen LogP contribution in [0.1, 0.15) is 51.9 Å². The lowest BCUT2D eigenvalue weighted by atomic mass is 9.89. The smallest absolute Gasteiger partial charge is 0.307 e. The van der Waals surface area contributed by atoms with Gasteiger partial charge in [-0.15, -0.1) is 0 Å². The monoisotopic (exact) mass is 227 g/mol. The first-order chi connectivity index (χ1) is 7.63. The Kier molecular flexibility index (Phi) is 5.81. The van der Waals surface area contributed by atoms with Crippen molar-refractivity contribution < 1.29 is 9.90 Å². The molecule has 0 aliphatic heterocycles. The zero-order chi connectivity index (χ0) is 12.0. The van der Waals surface area contributed by atoms with E-state index in [0.29, 0.717) is 5.92 Å². The molecule has 1 aliphatic carbocycles. The van der Waals surface area contributed by atoms with E-state index in [1.54, 1.807) is 0 Å². The van der Waals surface area contributed by atoms with Crippen molar-refractivity contribution in [3.8, 4) is 0 Å². The van der Waals surface area contributed by atoms with E-state index in [-0.39, 0.29) is 12.5 Å². The molecule has 0 bridgehead atoms. The Morgan fingerprint density at radius 3 is 2.50 bits per heavy atom. The average molecular weight is 227 g/mol. The van der Waals surface area contributed by atoms with Crippen molar-refractivity contribution >= 4 is 5.97 Å². The summed E-state index contributed by atoms with van der Waals surface area (Å²) in [6.07, 6.45) is 8.55.